The molecule has 0 heterocycles. The van der Waals surface area contributed by atoms with Crippen LogP contribution in [0.5, 0.6) is 11.5 Å². The first kappa shape index (κ1) is 23.6. The summed E-state index contributed by atoms with van der Waals surface area (Å²) in [5.74, 6) is 0.634. The van der Waals surface area contributed by atoms with Gasteiger partial charge in [0, 0.05) is 11.3 Å². The minimum absolute atomic E-state index is 0.00678. The van der Waals surface area contributed by atoms with Crippen LogP contribution in [-0.4, -0.2) is 13.0 Å². The number of methoxy groups -OCH3 is 1. The number of nitrogens with one attached hydrogen (secondary N) is 1. The van der Waals surface area contributed by atoms with Gasteiger partial charge in [-0.1, -0.05) is 60.2 Å². The van der Waals surface area contributed by atoms with Crippen molar-refractivity contribution in [3.05, 3.63) is 107 Å². The summed E-state index contributed by atoms with van der Waals surface area (Å²) in [6.45, 7) is 4.43. The zero-order valence-electron chi connectivity index (χ0n) is 20.0. The van der Waals surface area contributed by atoms with Crippen molar-refractivity contribution in [1.82, 2.24) is 0 Å². The number of nitrogens with zero attached hydrogens (tertiary/aromatic N) is 1. The third-order valence-corrected chi connectivity index (χ3v) is 5.82. The Morgan fingerprint density at radius 3 is 2.49 bits per heavy atom. The van der Waals surface area contributed by atoms with Crippen LogP contribution in [-0.2, 0) is 11.4 Å². The average Bonchev–Trinajstić information content (AvgIpc) is 2.88. The standard InChI is InChI=1S/C30H26N2O3/c1-20-8-13-25(14-9-20)32-30(33)24(18-31)16-22-11-15-28(29(17-22)34-3)35-19-27-21(2)10-12-23-6-4-5-7-26(23)27/h4-17H,19H2,1-3H3,(H,32,33)/b24-16+. The monoisotopic (exact) mass is 462 g/mol. The molecule has 1 amide bonds. The Balaban J connectivity index is 1.53. The van der Waals surface area contributed by atoms with Gasteiger partial charge >= 0.3 is 0 Å². The van der Waals surface area contributed by atoms with Gasteiger partial charge in [0.15, 0.2) is 11.5 Å². The number of anilines is 1. The van der Waals surface area contributed by atoms with E-state index in [-0.39, 0.29) is 5.57 Å². The number of aryl methyl sites for hydroxylation is 2. The molecule has 5 nitrogen and oxygen atoms in total. The highest BCUT2D eigenvalue weighted by Gasteiger charge is 2.12. The van der Waals surface area contributed by atoms with E-state index in [0.717, 1.165) is 27.5 Å². The van der Waals surface area contributed by atoms with E-state index in [1.54, 1.807) is 37.4 Å². The first-order valence-corrected chi connectivity index (χ1v) is 11.3. The first-order valence-electron chi connectivity index (χ1n) is 11.3. The lowest BCUT2D eigenvalue weighted by Gasteiger charge is -2.14. The Morgan fingerprint density at radius 2 is 1.74 bits per heavy atom. The molecule has 0 aliphatic rings. The van der Waals surface area contributed by atoms with Crippen LogP contribution in [0.1, 0.15) is 22.3 Å². The molecule has 0 spiro atoms. The van der Waals surface area contributed by atoms with Gasteiger partial charge in [0.2, 0.25) is 0 Å². The van der Waals surface area contributed by atoms with Crippen molar-refractivity contribution in [3.63, 3.8) is 0 Å². The summed E-state index contributed by atoms with van der Waals surface area (Å²) in [7, 11) is 1.56. The van der Waals surface area contributed by atoms with Crippen LogP contribution < -0.4 is 14.8 Å². The van der Waals surface area contributed by atoms with Gasteiger partial charge < -0.3 is 14.8 Å². The molecule has 5 heteroatoms. The summed E-state index contributed by atoms with van der Waals surface area (Å²) in [5, 5.41) is 14.6. The molecule has 0 fully saturated rings. The van der Waals surface area contributed by atoms with Crippen LogP contribution in [0.25, 0.3) is 16.8 Å². The zero-order valence-corrected chi connectivity index (χ0v) is 20.0. The molecule has 174 valence electrons. The molecular formula is C30H26N2O3. The number of hydrogen-bond acceptors (Lipinski definition) is 4. The molecule has 0 aliphatic heterocycles. The molecule has 0 unspecified atom stereocenters. The molecule has 0 aromatic heterocycles. The van der Waals surface area contributed by atoms with E-state index in [9.17, 15) is 10.1 Å². The number of amides is 1. The van der Waals surface area contributed by atoms with Crippen LogP contribution in [0.2, 0.25) is 0 Å². The molecule has 0 radical (unpaired) electrons. The van der Waals surface area contributed by atoms with Crippen molar-refractivity contribution in [1.29, 1.82) is 5.26 Å². The highest BCUT2D eigenvalue weighted by molar-refractivity contribution is 6.09. The average molecular weight is 463 g/mol. The topological polar surface area (TPSA) is 71.3 Å². The third-order valence-electron chi connectivity index (χ3n) is 5.82. The molecular weight excluding hydrogens is 436 g/mol. The molecule has 0 aliphatic carbocycles. The lowest BCUT2D eigenvalue weighted by molar-refractivity contribution is -0.112. The minimum atomic E-state index is -0.470. The maximum absolute atomic E-state index is 12.6. The van der Waals surface area contributed by atoms with Crippen molar-refractivity contribution in [2.75, 3.05) is 12.4 Å². The molecule has 4 aromatic carbocycles. The van der Waals surface area contributed by atoms with Crippen molar-refractivity contribution in [2.45, 2.75) is 20.5 Å². The SMILES string of the molecule is COc1cc(/C=C(\C#N)C(=O)Nc2ccc(C)cc2)ccc1OCc1c(C)ccc2ccccc12. The first-order chi connectivity index (χ1) is 17.0. The van der Waals surface area contributed by atoms with Gasteiger partial charge in [0.1, 0.15) is 18.2 Å². The van der Waals surface area contributed by atoms with E-state index >= 15 is 0 Å². The third kappa shape index (κ3) is 5.51. The van der Waals surface area contributed by atoms with E-state index in [4.69, 9.17) is 9.47 Å². The molecule has 0 saturated carbocycles. The molecule has 0 atom stereocenters. The quantitative estimate of drug-likeness (QED) is 0.248. The number of ether oxygens (including phenoxy) is 2. The fraction of sp³-hybridized carbons (Fsp3) is 0.133. The van der Waals surface area contributed by atoms with E-state index < -0.39 is 5.91 Å². The van der Waals surface area contributed by atoms with Crippen molar-refractivity contribution in [3.8, 4) is 17.6 Å². The lowest BCUT2D eigenvalue weighted by Crippen LogP contribution is -2.13. The van der Waals surface area contributed by atoms with Crippen LogP contribution in [0.3, 0.4) is 0 Å². The number of benzene rings is 4. The predicted molar refractivity (Wildman–Crippen MR) is 139 cm³/mol. The normalized spacial score (nSPS) is 11.1. The number of rotatable bonds is 7. The number of fused-ring (bicyclic) bond motifs is 1. The Morgan fingerprint density at radius 1 is 0.971 bits per heavy atom. The van der Waals surface area contributed by atoms with Crippen LogP contribution >= 0.6 is 0 Å². The number of carbonyl (C=O) groups excluding carboxylic acids is 1. The van der Waals surface area contributed by atoms with Crippen LogP contribution in [0, 0.1) is 25.2 Å². The summed E-state index contributed by atoms with van der Waals surface area (Å²) in [5.41, 5.74) is 4.64. The Bertz CT molecular complexity index is 1450. The maximum Gasteiger partial charge on any atom is 0.266 e. The summed E-state index contributed by atoms with van der Waals surface area (Å²) in [6.07, 6.45) is 1.53. The van der Waals surface area contributed by atoms with E-state index in [1.165, 1.54) is 6.08 Å². The molecule has 4 aromatic rings. The number of hydrogen-bond donors (Lipinski definition) is 1. The minimum Gasteiger partial charge on any atom is -0.493 e. The lowest BCUT2D eigenvalue weighted by atomic mass is 10.0. The van der Waals surface area contributed by atoms with Gasteiger partial charge in [0.05, 0.1) is 7.11 Å². The zero-order chi connectivity index (χ0) is 24.8. The van der Waals surface area contributed by atoms with Gasteiger partial charge in [-0.3, -0.25) is 4.79 Å². The van der Waals surface area contributed by atoms with Crippen LogP contribution in [0.15, 0.2) is 84.4 Å². The van der Waals surface area contributed by atoms with Crippen molar-refractivity contribution in [2.24, 2.45) is 0 Å². The Labute approximate surface area is 205 Å². The number of carbonyl (C=O) groups is 1. The van der Waals surface area contributed by atoms with Gasteiger partial charge in [-0.15, -0.1) is 0 Å². The smallest absolute Gasteiger partial charge is 0.266 e. The highest BCUT2D eigenvalue weighted by atomic mass is 16.5. The maximum atomic E-state index is 12.6. The summed E-state index contributed by atoms with van der Waals surface area (Å²) in [4.78, 5) is 12.6. The number of nitriles is 1. The largest absolute Gasteiger partial charge is 0.493 e. The molecule has 4 rings (SSSR count). The van der Waals surface area contributed by atoms with Gasteiger partial charge in [-0.2, -0.15) is 5.26 Å². The fourth-order valence-electron chi connectivity index (χ4n) is 3.83. The second-order valence-corrected chi connectivity index (χ2v) is 8.27. The molecule has 0 bridgehead atoms. The Hall–Kier alpha value is -4.56. The van der Waals surface area contributed by atoms with E-state index in [0.29, 0.717) is 29.4 Å². The van der Waals surface area contributed by atoms with Gasteiger partial charge in [-0.05, 0) is 66.1 Å². The van der Waals surface area contributed by atoms with Crippen molar-refractivity contribution >= 4 is 28.4 Å². The van der Waals surface area contributed by atoms with Gasteiger partial charge in [-0.25, -0.2) is 0 Å². The molecule has 35 heavy (non-hydrogen) atoms. The summed E-state index contributed by atoms with van der Waals surface area (Å²) >= 11 is 0. The Kier molecular flexibility index (Phi) is 7.13. The second kappa shape index (κ2) is 10.6. The predicted octanol–water partition coefficient (Wildman–Crippen LogP) is 6.59. The van der Waals surface area contributed by atoms with E-state index in [2.05, 4.69) is 36.5 Å². The summed E-state index contributed by atoms with van der Waals surface area (Å²) < 4.78 is 11.7. The molecule has 0 saturated heterocycles. The van der Waals surface area contributed by atoms with Gasteiger partial charge in [0.25, 0.3) is 5.91 Å². The van der Waals surface area contributed by atoms with Crippen LogP contribution in [0.4, 0.5) is 5.69 Å². The fourth-order valence-corrected chi connectivity index (χ4v) is 3.83. The van der Waals surface area contributed by atoms with Crippen molar-refractivity contribution < 1.29 is 14.3 Å². The second-order valence-electron chi connectivity index (χ2n) is 8.27. The molecule has 1 N–H and O–H groups in total. The summed E-state index contributed by atoms with van der Waals surface area (Å²) in [6, 6.07) is 27.1. The van der Waals surface area contributed by atoms with E-state index in [1.807, 2.05) is 37.3 Å². The highest BCUT2D eigenvalue weighted by Crippen LogP contribution is 2.31.